The van der Waals surface area contributed by atoms with Gasteiger partial charge in [-0.3, -0.25) is 4.79 Å². The van der Waals surface area contributed by atoms with Crippen LogP contribution < -0.4 is 10.2 Å². The molecule has 0 radical (unpaired) electrons. The molecular formula is C21H17NO3. The largest absolute Gasteiger partial charge is 0.508 e. The van der Waals surface area contributed by atoms with Crippen molar-refractivity contribution in [1.29, 1.82) is 0 Å². The lowest BCUT2D eigenvalue weighted by Gasteiger charge is -2.15. The first-order chi connectivity index (χ1) is 12.2. The first kappa shape index (κ1) is 15.3. The van der Waals surface area contributed by atoms with Gasteiger partial charge in [0.2, 0.25) is 0 Å². The summed E-state index contributed by atoms with van der Waals surface area (Å²) in [6, 6.07) is 22.0. The van der Waals surface area contributed by atoms with Crippen LogP contribution in [0.15, 0.2) is 77.6 Å². The van der Waals surface area contributed by atoms with E-state index in [1.807, 2.05) is 48.5 Å². The highest BCUT2D eigenvalue weighted by atomic mass is 16.5. The van der Waals surface area contributed by atoms with Crippen molar-refractivity contribution < 1.29 is 9.84 Å². The van der Waals surface area contributed by atoms with Crippen molar-refractivity contribution in [3.8, 4) is 11.5 Å². The molecule has 0 atom stereocenters. The monoisotopic (exact) mass is 331 g/mol. The van der Waals surface area contributed by atoms with Crippen LogP contribution in [-0.4, -0.2) is 16.3 Å². The van der Waals surface area contributed by atoms with E-state index in [-0.39, 0.29) is 11.2 Å². The molecule has 0 unspecified atom stereocenters. The number of rotatable bonds is 4. The average molecular weight is 331 g/mol. The van der Waals surface area contributed by atoms with Crippen molar-refractivity contribution >= 4 is 21.8 Å². The van der Waals surface area contributed by atoms with Crippen LogP contribution in [0.25, 0.3) is 21.8 Å². The van der Waals surface area contributed by atoms with Crippen molar-refractivity contribution in [2.75, 3.05) is 6.61 Å². The summed E-state index contributed by atoms with van der Waals surface area (Å²) in [7, 11) is 0. The van der Waals surface area contributed by atoms with Crippen molar-refractivity contribution in [2.45, 2.75) is 6.54 Å². The first-order valence-corrected chi connectivity index (χ1v) is 8.16. The topological polar surface area (TPSA) is 51.5 Å². The molecule has 4 rings (SSSR count). The molecule has 0 aliphatic carbocycles. The van der Waals surface area contributed by atoms with E-state index in [9.17, 15) is 9.90 Å². The highest BCUT2D eigenvalue weighted by Crippen LogP contribution is 2.20. The van der Waals surface area contributed by atoms with E-state index in [2.05, 4.69) is 4.57 Å². The van der Waals surface area contributed by atoms with E-state index in [1.165, 1.54) is 0 Å². The van der Waals surface area contributed by atoms with Crippen molar-refractivity contribution in [3.05, 3.63) is 83.0 Å². The maximum Gasteiger partial charge on any atom is 0.197 e. The second-order valence-corrected chi connectivity index (χ2v) is 5.86. The van der Waals surface area contributed by atoms with Gasteiger partial charge in [0.25, 0.3) is 0 Å². The van der Waals surface area contributed by atoms with E-state index >= 15 is 0 Å². The summed E-state index contributed by atoms with van der Waals surface area (Å²) in [4.78, 5) is 12.7. The number of aromatic hydroxyl groups is 1. The number of fused-ring (bicyclic) bond motifs is 2. The molecule has 4 heteroatoms. The molecular weight excluding hydrogens is 314 g/mol. The maximum atomic E-state index is 12.7. The Morgan fingerprint density at radius 3 is 1.96 bits per heavy atom. The maximum absolute atomic E-state index is 12.7. The van der Waals surface area contributed by atoms with Crippen LogP contribution in [0, 0.1) is 0 Å². The first-order valence-electron chi connectivity index (χ1n) is 8.16. The smallest absolute Gasteiger partial charge is 0.197 e. The highest BCUT2D eigenvalue weighted by molar-refractivity contribution is 5.93. The predicted molar refractivity (Wildman–Crippen MR) is 99.3 cm³/mol. The third kappa shape index (κ3) is 2.83. The van der Waals surface area contributed by atoms with E-state index < -0.39 is 0 Å². The number of benzene rings is 3. The molecule has 4 nitrogen and oxygen atoms in total. The molecule has 25 heavy (non-hydrogen) atoms. The zero-order valence-corrected chi connectivity index (χ0v) is 13.6. The Morgan fingerprint density at radius 1 is 0.800 bits per heavy atom. The Balaban J connectivity index is 1.73. The fourth-order valence-corrected chi connectivity index (χ4v) is 3.11. The number of para-hydroxylation sites is 2. The molecule has 0 bridgehead atoms. The van der Waals surface area contributed by atoms with E-state index in [0.29, 0.717) is 29.7 Å². The summed E-state index contributed by atoms with van der Waals surface area (Å²) in [6.45, 7) is 1.07. The lowest BCUT2D eigenvalue weighted by Crippen LogP contribution is -2.15. The molecule has 0 spiro atoms. The summed E-state index contributed by atoms with van der Waals surface area (Å²) in [6.07, 6.45) is 0. The van der Waals surface area contributed by atoms with Crippen LogP contribution in [-0.2, 0) is 6.54 Å². The molecule has 1 aromatic heterocycles. The quantitative estimate of drug-likeness (QED) is 0.576. The second kappa shape index (κ2) is 6.32. The predicted octanol–water partition coefficient (Wildman–Crippen LogP) is 3.94. The van der Waals surface area contributed by atoms with Gasteiger partial charge >= 0.3 is 0 Å². The van der Waals surface area contributed by atoms with Crippen LogP contribution in [0.1, 0.15) is 0 Å². The minimum Gasteiger partial charge on any atom is -0.508 e. The second-order valence-electron chi connectivity index (χ2n) is 5.86. The Morgan fingerprint density at radius 2 is 1.36 bits per heavy atom. The molecule has 0 aliphatic rings. The number of nitrogens with zero attached hydrogens (tertiary/aromatic N) is 1. The molecule has 124 valence electrons. The highest BCUT2D eigenvalue weighted by Gasteiger charge is 2.09. The van der Waals surface area contributed by atoms with Gasteiger partial charge in [-0.15, -0.1) is 0 Å². The van der Waals surface area contributed by atoms with Gasteiger partial charge in [-0.25, -0.2) is 0 Å². The fraction of sp³-hybridized carbons (Fsp3) is 0.0952. The number of hydrogen-bond donors (Lipinski definition) is 1. The minimum atomic E-state index is 0.0573. The van der Waals surface area contributed by atoms with Crippen molar-refractivity contribution in [3.63, 3.8) is 0 Å². The standard InChI is InChI=1S/C21H17NO3/c23-15-9-11-16(12-10-15)25-14-13-22-19-7-3-1-5-17(19)21(24)18-6-2-4-8-20(18)22/h1-12,23H,13-14H2. The third-order valence-electron chi connectivity index (χ3n) is 4.30. The number of phenols is 1. The van der Waals surface area contributed by atoms with Gasteiger partial charge in [0.1, 0.15) is 18.1 Å². The number of aromatic nitrogens is 1. The van der Waals surface area contributed by atoms with Gasteiger partial charge in [-0.05, 0) is 48.5 Å². The van der Waals surface area contributed by atoms with Gasteiger partial charge in [0, 0.05) is 10.8 Å². The number of hydrogen-bond acceptors (Lipinski definition) is 3. The zero-order valence-electron chi connectivity index (χ0n) is 13.6. The van der Waals surface area contributed by atoms with Crippen LogP contribution in [0.3, 0.4) is 0 Å². The number of ether oxygens (including phenoxy) is 1. The van der Waals surface area contributed by atoms with Crippen LogP contribution in [0.2, 0.25) is 0 Å². The summed E-state index contributed by atoms with van der Waals surface area (Å²) in [5.41, 5.74) is 1.86. The van der Waals surface area contributed by atoms with Gasteiger partial charge in [-0.2, -0.15) is 0 Å². The van der Waals surface area contributed by atoms with Gasteiger partial charge in [0.05, 0.1) is 17.6 Å². The van der Waals surface area contributed by atoms with Crippen molar-refractivity contribution in [2.24, 2.45) is 0 Å². The Kier molecular flexibility index (Phi) is 3.86. The molecule has 4 aromatic rings. The molecule has 0 saturated heterocycles. The Hall–Kier alpha value is -3.27. The van der Waals surface area contributed by atoms with Gasteiger partial charge in [-0.1, -0.05) is 24.3 Å². The SMILES string of the molecule is O=c1c2ccccc2n(CCOc2ccc(O)cc2)c2ccccc12. The third-order valence-corrected chi connectivity index (χ3v) is 4.30. The van der Waals surface area contributed by atoms with E-state index in [4.69, 9.17) is 4.74 Å². The van der Waals surface area contributed by atoms with E-state index in [0.717, 1.165) is 11.0 Å². The average Bonchev–Trinajstić information content (AvgIpc) is 2.66. The van der Waals surface area contributed by atoms with Crippen LogP contribution >= 0.6 is 0 Å². The molecule has 3 aromatic carbocycles. The van der Waals surface area contributed by atoms with Gasteiger partial charge in [0.15, 0.2) is 5.43 Å². The summed E-state index contributed by atoms with van der Waals surface area (Å²) in [5, 5.41) is 10.8. The van der Waals surface area contributed by atoms with E-state index in [1.54, 1.807) is 24.3 Å². The minimum absolute atomic E-state index is 0.0573. The summed E-state index contributed by atoms with van der Waals surface area (Å²) >= 11 is 0. The summed E-state index contributed by atoms with van der Waals surface area (Å²) in [5.74, 6) is 0.914. The van der Waals surface area contributed by atoms with Crippen LogP contribution in [0.5, 0.6) is 11.5 Å². The molecule has 1 heterocycles. The lowest BCUT2D eigenvalue weighted by atomic mass is 10.1. The molecule has 0 amide bonds. The molecule has 0 fully saturated rings. The Labute approximate surface area is 144 Å². The zero-order chi connectivity index (χ0) is 17.2. The van der Waals surface area contributed by atoms with Crippen LogP contribution in [0.4, 0.5) is 0 Å². The number of pyridine rings is 1. The normalized spacial score (nSPS) is 11.0. The molecule has 0 saturated carbocycles. The fourth-order valence-electron chi connectivity index (χ4n) is 3.11. The molecule has 0 aliphatic heterocycles. The van der Waals surface area contributed by atoms with Crippen molar-refractivity contribution in [1.82, 2.24) is 4.57 Å². The lowest BCUT2D eigenvalue weighted by molar-refractivity contribution is 0.301. The number of phenolic OH excluding ortho intramolecular Hbond substituents is 1. The molecule has 1 N–H and O–H groups in total. The Bertz CT molecular complexity index is 1040. The summed E-state index contributed by atoms with van der Waals surface area (Å²) < 4.78 is 7.90. The van der Waals surface area contributed by atoms with Gasteiger partial charge < -0.3 is 14.4 Å².